The van der Waals surface area contributed by atoms with Crippen molar-refractivity contribution in [3.05, 3.63) is 24.4 Å². The van der Waals surface area contributed by atoms with Gasteiger partial charge in [0.2, 0.25) is 0 Å². The predicted octanol–water partition coefficient (Wildman–Crippen LogP) is 0.945. The van der Waals surface area contributed by atoms with Crippen molar-refractivity contribution in [1.82, 2.24) is 0 Å². The van der Waals surface area contributed by atoms with E-state index in [0.717, 1.165) is 0 Å². The fourth-order valence-electron chi connectivity index (χ4n) is 0.254. The first-order valence-corrected chi connectivity index (χ1v) is 3.65. The van der Waals surface area contributed by atoms with Crippen LogP contribution in [0.25, 0.3) is 0 Å². The normalized spacial score (nSPS) is 11.0. The Morgan fingerprint density at radius 1 is 1.57 bits per heavy atom. The highest BCUT2D eigenvalue weighted by Crippen LogP contribution is 1.58. The molecule has 7 heavy (non-hydrogen) atoms. The van der Waals surface area contributed by atoms with Crippen molar-refractivity contribution in [2.24, 2.45) is 0 Å². The molecule has 0 bridgehead atoms. The molecule has 0 aliphatic rings. The van der Waals surface area contributed by atoms with Crippen LogP contribution in [0.3, 0.4) is 0 Å². The second-order valence-electron chi connectivity index (χ2n) is 1.15. The van der Waals surface area contributed by atoms with Gasteiger partial charge in [0.15, 0.2) is 0 Å². The lowest BCUT2D eigenvalue weighted by Gasteiger charge is -1.64. The Bertz CT molecular complexity index is 90.4. The summed E-state index contributed by atoms with van der Waals surface area (Å²) in [6, 6.07) is 0. The average molecular weight is 110 g/mol. The van der Waals surface area contributed by atoms with E-state index in [1.807, 2.05) is 18.7 Å². The summed E-state index contributed by atoms with van der Waals surface area (Å²) in [6.07, 6.45) is 4.08. The molecule has 0 aliphatic heterocycles. The maximum atomic E-state index is 3.60. The van der Waals surface area contributed by atoms with Gasteiger partial charge in [-0.15, -0.1) is 6.58 Å². The molecular formula is C6H10Si. The zero-order valence-corrected chi connectivity index (χ0v) is 5.75. The van der Waals surface area contributed by atoms with Gasteiger partial charge in [0.1, 0.15) is 0 Å². The number of rotatable bonds is 2. The number of hydrogen-bond acceptors (Lipinski definition) is 0. The molecule has 0 saturated heterocycles. The predicted molar refractivity (Wildman–Crippen MR) is 38.2 cm³/mol. The lowest BCUT2D eigenvalue weighted by molar-refractivity contribution is 1.78. The van der Waals surface area contributed by atoms with Gasteiger partial charge in [-0.1, -0.05) is 23.5 Å². The number of hydrogen-bond donors (Lipinski definition) is 0. The maximum Gasteiger partial charge on any atom is 0.0191 e. The summed E-state index contributed by atoms with van der Waals surface area (Å²) in [5.41, 5.74) is 4.10. The summed E-state index contributed by atoms with van der Waals surface area (Å²) in [5.74, 6) is 0. The monoisotopic (exact) mass is 110 g/mol. The Morgan fingerprint density at radius 3 is 2.71 bits per heavy atom. The van der Waals surface area contributed by atoms with Gasteiger partial charge in [-0.3, -0.25) is 0 Å². The zero-order chi connectivity index (χ0) is 5.54. The van der Waals surface area contributed by atoms with E-state index in [0.29, 0.717) is 9.13 Å². The first-order valence-electron chi connectivity index (χ1n) is 2.32. The van der Waals surface area contributed by atoms with Crippen LogP contribution >= 0.6 is 0 Å². The Morgan fingerprint density at radius 2 is 2.29 bits per heavy atom. The third-order valence-electron chi connectivity index (χ3n) is 0.551. The highest BCUT2D eigenvalue weighted by atomic mass is 28.2. The molecule has 1 heteroatoms. The molecule has 0 N–H and O–H groups in total. The third-order valence-corrected chi connectivity index (χ3v) is 1.27. The Hall–Kier alpha value is -0.433. The van der Waals surface area contributed by atoms with E-state index in [9.17, 15) is 0 Å². The van der Waals surface area contributed by atoms with Crippen LogP contribution in [0, 0.1) is 0 Å². The van der Waals surface area contributed by atoms with Gasteiger partial charge in [0, 0.05) is 9.13 Å². The summed E-state index contributed by atoms with van der Waals surface area (Å²) >= 11 is 0. The summed E-state index contributed by atoms with van der Waals surface area (Å²) in [4.78, 5) is 0. The molecule has 0 nitrogen and oxygen atoms in total. The van der Waals surface area contributed by atoms with E-state index in [1.165, 1.54) is 0 Å². The fourth-order valence-corrected chi connectivity index (χ4v) is 0.761. The summed E-state index contributed by atoms with van der Waals surface area (Å²) in [5, 5.41) is 0. The average Bonchev–Trinajstić information content (AvgIpc) is 1.69. The van der Waals surface area contributed by atoms with Crippen LogP contribution in [0.4, 0.5) is 0 Å². The lowest BCUT2D eigenvalue weighted by atomic mass is 10.6. The fraction of sp³-hybridized carbons (Fsp3) is 0.167. The van der Waals surface area contributed by atoms with Crippen LogP contribution in [0.5, 0.6) is 0 Å². The molecule has 0 aliphatic carbocycles. The molecule has 0 atom stereocenters. The van der Waals surface area contributed by atoms with Crippen LogP contribution < -0.4 is 0 Å². The van der Waals surface area contributed by atoms with E-state index in [-0.39, 0.29) is 0 Å². The third kappa shape index (κ3) is 5.57. The Labute approximate surface area is 47.0 Å². The van der Waals surface area contributed by atoms with E-state index in [2.05, 4.69) is 18.3 Å². The molecule has 0 rings (SSSR count). The van der Waals surface area contributed by atoms with Crippen LogP contribution in [0.2, 0.25) is 0 Å². The van der Waals surface area contributed by atoms with Gasteiger partial charge in [-0.2, -0.15) is 0 Å². The highest BCUT2D eigenvalue weighted by molar-refractivity contribution is 6.53. The quantitative estimate of drug-likeness (QED) is 0.464. The largest absolute Gasteiger partial charge is 0.104 e. The first kappa shape index (κ1) is 6.57. The highest BCUT2D eigenvalue weighted by Gasteiger charge is 1.53. The molecular weight excluding hydrogens is 100 g/mol. The molecule has 38 valence electrons. The van der Waals surface area contributed by atoms with Gasteiger partial charge >= 0.3 is 0 Å². The van der Waals surface area contributed by atoms with Crippen LogP contribution in [-0.2, 0) is 0 Å². The van der Waals surface area contributed by atoms with Crippen molar-refractivity contribution in [3.63, 3.8) is 0 Å². The van der Waals surface area contributed by atoms with Crippen LogP contribution in [0.15, 0.2) is 24.4 Å². The van der Waals surface area contributed by atoms with Crippen molar-refractivity contribution < 1.29 is 0 Å². The molecule has 0 aromatic heterocycles. The van der Waals surface area contributed by atoms with E-state index >= 15 is 0 Å². The maximum absolute atomic E-state index is 3.60. The molecule has 0 aromatic rings. The topological polar surface area (TPSA) is 0 Å². The van der Waals surface area contributed by atoms with Crippen LogP contribution in [-0.4, -0.2) is 14.8 Å². The van der Waals surface area contributed by atoms with Crippen molar-refractivity contribution in [1.29, 1.82) is 0 Å². The zero-order valence-electron chi connectivity index (χ0n) is 4.59. The summed E-state index contributed by atoms with van der Waals surface area (Å²) in [6.45, 7) is 5.62. The molecule has 0 unspecified atom stereocenters. The van der Waals surface area contributed by atoms with Gasteiger partial charge in [0.05, 0.1) is 0 Å². The molecule has 0 spiro atoms. The minimum absolute atomic E-state index is 0.368. The van der Waals surface area contributed by atoms with Crippen molar-refractivity contribution in [3.8, 4) is 0 Å². The van der Waals surface area contributed by atoms with E-state index < -0.39 is 0 Å². The van der Waals surface area contributed by atoms with Crippen LogP contribution in [0.1, 0.15) is 6.92 Å². The first-order chi connectivity index (χ1) is 3.41. The van der Waals surface area contributed by atoms with Gasteiger partial charge < -0.3 is 0 Å². The molecule has 0 aromatic carbocycles. The van der Waals surface area contributed by atoms with E-state index in [4.69, 9.17) is 0 Å². The Balaban J connectivity index is 3.27. The molecule has 0 amide bonds. The second kappa shape index (κ2) is 5.57. The smallest absolute Gasteiger partial charge is 0.0191 e. The van der Waals surface area contributed by atoms with Gasteiger partial charge in [-0.05, 0) is 6.92 Å². The summed E-state index contributed by atoms with van der Waals surface area (Å²) in [7, 11) is 0.368. The van der Waals surface area contributed by atoms with Crippen molar-refractivity contribution >= 4 is 14.8 Å². The SMILES string of the molecule is C=C[SiH]=CC=CC. The lowest BCUT2D eigenvalue weighted by Crippen LogP contribution is -1.69. The van der Waals surface area contributed by atoms with Gasteiger partial charge in [-0.25, -0.2) is 0 Å². The number of allylic oxidation sites excluding steroid dienone is 2. The molecule has 0 saturated carbocycles. The molecule has 0 heterocycles. The minimum atomic E-state index is 0.368. The Kier molecular flexibility index (Phi) is 5.22. The van der Waals surface area contributed by atoms with E-state index in [1.54, 1.807) is 0 Å². The molecule has 0 fully saturated rings. The standard InChI is InChI=1S/C6H10Si/c1-3-5-6-7-4-2/h3-7H,2H2,1H3. The molecule has 0 radical (unpaired) electrons. The minimum Gasteiger partial charge on any atom is -0.104 e. The van der Waals surface area contributed by atoms with Crippen molar-refractivity contribution in [2.75, 3.05) is 0 Å². The van der Waals surface area contributed by atoms with Crippen molar-refractivity contribution in [2.45, 2.75) is 6.92 Å². The van der Waals surface area contributed by atoms with Gasteiger partial charge in [0.25, 0.3) is 0 Å². The summed E-state index contributed by atoms with van der Waals surface area (Å²) < 4.78 is 0. The second-order valence-corrected chi connectivity index (χ2v) is 2.39.